The maximum absolute atomic E-state index is 10.6. The van der Waals surface area contributed by atoms with E-state index in [-0.39, 0.29) is 5.56 Å². The topological polar surface area (TPSA) is 76.2 Å². The summed E-state index contributed by atoms with van der Waals surface area (Å²) < 4.78 is 0. The third-order valence-corrected chi connectivity index (χ3v) is 3.43. The fourth-order valence-electron chi connectivity index (χ4n) is 1.07. The predicted molar refractivity (Wildman–Crippen MR) is 65.6 cm³/mol. The van der Waals surface area contributed by atoms with Crippen LogP contribution in [-0.4, -0.2) is 28.4 Å². The molecule has 0 aliphatic carbocycles. The molecule has 0 bridgehead atoms. The van der Waals surface area contributed by atoms with Gasteiger partial charge >= 0.3 is 5.97 Å². The SMILES string of the molecule is CC(CN)CSCc1ccc(C(=O)O)cn1. The molecule has 1 unspecified atom stereocenters. The smallest absolute Gasteiger partial charge is 0.337 e. The van der Waals surface area contributed by atoms with Crippen LogP contribution in [0.3, 0.4) is 0 Å². The summed E-state index contributed by atoms with van der Waals surface area (Å²) in [6, 6.07) is 3.33. The van der Waals surface area contributed by atoms with Crippen molar-refractivity contribution in [2.75, 3.05) is 12.3 Å². The fraction of sp³-hybridized carbons (Fsp3) is 0.455. The van der Waals surface area contributed by atoms with Gasteiger partial charge in [0, 0.05) is 11.9 Å². The van der Waals surface area contributed by atoms with Crippen molar-refractivity contribution in [1.82, 2.24) is 4.98 Å². The number of carboxylic acids is 1. The highest BCUT2D eigenvalue weighted by Gasteiger charge is 2.04. The second kappa shape index (κ2) is 6.50. The molecule has 0 radical (unpaired) electrons. The molecule has 3 N–H and O–H groups in total. The van der Waals surface area contributed by atoms with Gasteiger partial charge < -0.3 is 10.8 Å². The zero-order valence-electron chi connectivity index (χ0n) is 9.22. The Morgan fingerprint density at radius 2 is 2.38 bits per heavy atom. The second-order valence-electron chi connectivity index (χ2n) is 3.70. The maximum Gasteiger partial charge on any atom is 0.337 e. The zero-order chi connectivity index (χ0) is 12.0. The van der Waals surface area contributed by atoms with E-state index >= 15 is 0 Å². The predicted octanol–water partition coefficient (Wildman–Crippen LogP) is 1.61. The Hall–Kier alpha value is -1.07. The zero-order valence-corrected chi connectivity index (χ0v) is 10.0. The lowest BCUT2D eigenvalue weighted by molar-refractivity contribution is 0.0696. The van der Waals surface area contributed by atoms with Crippen LogP contribution in [0.25, 0.3) is 0 Å². The molecular formula is C11H16N2O2S. The number of rotatable bonds is 6. The van der Waals surface area contributed by atoms with Gasteiger partial charge in [0.15, 0.2) is 0 Å². The van der Waals surface area contributed by atoms with Crippen LogP contribution in [0.2, 0.25) is 0 Å². The van der Waals surface area contributed by atoms with Crippen molar-refractivity contribution in [3.05, 3.63) is 29.6 Å². The Morgan fingerprint density at radius 1 is 1.62 bits per heavy atom. The number of carbonyl (C=O) groups is 1. The summed E-state index contributed by atoms with van der Waals surface area (Å²) in [7, 11) is 0. The molecule has 5 heteroatoms. The summed E-state index contributed by atoms with van der Waals surface area (Å²) >= 11 is 1.76. The van der Waals surface area contributed by atoms with Crippen LogP contribution in [0.1, 0.15) is 23.0 Å². The average molecular weight is 240 g/mol. The first-order chi connectivity index (χ1) is 7.63. The molecule has 0 spiro atoms. The molecular weight excluding hydrogens is 224 g/mol. The van der Waals surface area contributed by atoms with Gasteiger partial charge in [0.1, 0.15) is 0 Å². The van der Waals surface area contributed by atoms with Crippen molar-refractivity contribution in [1.29, 1.82) is 0 Å². The monoisotopic (exact) mass is 240 g/mol. The van der Waals surface area contributed by atoms with Crippen molar-refractivity contribution in [3.8, 4) is 0 Å². The molecule has 0 aliphatic rings. The van der Waals surface area contributed by atoms with Crippen LogP contribution in [0, 0.1) is 5.92 Å². The minimum Gasteiger partial charge on any atom is -0.478 e. The van der Waals surface area contributed by atoms with E-state index in [0.29, 0.717) is 12.5 Å². The average Bonchev–Trinajstić information content (AvgIpc) is 2.29. The van der Waals surface area contributed by atoms with Crippen LogP contribution in [0.15, 0.2) is 18.3 Å². The third-order valence-electron chi connectivity index (χ3n) is 2.13. The van der Waals surface area contributed by atoms with E-state index < -0.39 is 5.97 Å². The molecule has 0 aromatic carbocycles. The van der Waals surface area contributed by atoms with E-state index in [4.69, 9.17) is 10.8 Å². The van der Waals surface area contributed by atoms with Gasteiger partial charge in [-0.1, -0.05) is 6.92 Å². The lowest BCUT2D eigenvalue weighted by Crippen LogP contribution is -2.12. The van der Waals surface area contributed by atoms with E-state index in [1.54, 1.807) is 23.9 Å². The molecule has 88 valence electrons. The third kappa shape index (κ3) is 4.20. The van der Waals surface area contributed by atoms with Crippen LogP contribution in [0.5, 0.6) is 0 Å². The van der Waals surface area contributed by atoms with Crippen LogP contribution in [0.4, 0.5) is 0 Å². The van der Waals surface area contributed by atoms with Gasteiger partial charge in [-0.25, -0.2) is 4.79 Å². The summed E-state index contributed by atoms with van der Waals surface area (Å²) in [6.07, 6.45) is 1.39. The van der Waals surface area contributed by atoms with E-state index in [9.17, 15) is 4.79 Å². The maximum atomic E-state index is 10.6. The highest BCUT2D eigenvalue weighted by Crippen LogP contribution is 2.13. The lowest BCUT2D eigenvalue weighted by Gasteiger charge is -2.07. The molecule has 1 heterocycles. The Kier molecular flexibility index (Phi) is 5.28. The number of nitrogens with zero attached hydrogens (tertiary/aromatic N) is 1. The number of pyridine rings is 1. The summed E-state index contributed by atoms with van der Waals surface area (Å²) in [5, 5.41) is 8.70. The van der Waals surface area contributed by atoms with E-state index in [1.165, 1.54) is 6.20 Å². The number of hydrogen-bond acceptors (Lipinski definition) is 4. The largest absolute Gasteiger partial charge is 0.478 e. The number of aromatic nitrogens is 1. The Morgan fingerprint density at radius 3 is 2.88 bits per heavy atom. The van der Waals surface area contributed by atoms with Gasteiger partial charge in [-0.2, -0.15) is 11.8 Å². The standard InChI is InChI=1S/C11H16N2O2S/c1-8(4-12)6-16-7-10-3-2-9(5-13-10)11(14)15/h2-3,5,8H,4,6-7,12H2,1H3,(H,14,15). The number of thioether (sulfide) groups is 1. The first kappa shape index (κ1) is 13.0. The number of hydrogen-bond donors (Lipinski definition) is 2. The Bertz CT molecular complexity index is 340. The summed E-state index contributed by atoms with van der Waals surface area (Å²) in [6.45, 7) is 2.80. The van der Waals surface area contributed by atoms with E-state index in [0.717, 1.165) is 17.2 Å². The van der Waals surface area contributed by atoms with Crippen LogP contribution in [-0.2, 0) is 5.75 Å². The molecule has 1 aromatic heterocycles. The summed E-state index contributed by atoms with van der Waals surface area (Å²) in [5.41, 5.74) is 6.64. The number of aromatic carboxylic acids is 1. The van der Waals surface area contributed by atoms with Gasteiger partial charge in [-0.3, -0.25) is 4.98 Å². The second-order valence-corrected chi connectivity index (χ2v) is 4.73. The molecule has 1 atom stereocenters. The van der Waals surface area contributed by atoms with Crippen LogP contribution >= 0.6 is 11.8 Å². The van der Waals surface area contributed by atoms with Crippen molar-refractivity contribution in [2.24, 2.45) is 11.7 Å². The first-order valence-corrected chi connectivity index (χ1v) is 6.25. The minimum atomic E-state index is -0.941. The molecule has 0 fully saturated rings. The quantitative estimate of drug-likeness (QED) is 0.790. The van der Waals surface area contributed by atoms with Gasteiger partial charge in [-0.05, 0) is 30.3 Å². The minimum absolute atomic E-state index is 0.226. The first-order valence-electron chi connectivity index (χ1n) is 5.09. The fourth-order valence-corrected chi connectivity index (χ4v) is 2.11. The molecule has 0 aliphatic heterocycles. The normalized spacial score (nSPS) is 12.4. The molecule has 0 saturated carbocycles. The van der Waals surface area contributed by atoms with Gasteiger partial charge in [-0.15, -0.1) is 0 Å². The van der Waals surface area contributed by atoms with Gasteiger partial charge in [0.2, 0.25) is 0 Å². The summed E-state index contributed by atoms with van der Waals surface area (Å²) in [5.74, 6) is 1.36. The molecule has 4 nitrogen and oxygen atoms in total. The highest BCUT2D eigenvalue weighted by molar-refractivity contribution is 7.98. The number of nitrogens with two attached hydrogens (primary N) is 1. The van der Waals surface area contributed by atoms with E-state index in [2.05, 4.69) is 11.9 Å². The van der Waals surface area contributed by atoms with Gasteiger partial charge in [0.05, 0.1) is 11.3 Å². The van der Waals surface area contributed by atoms with Crippen molar-refractivity contribution >= 4 is 17.7 Å². The molecule has 1 rings (SSSR count). The van der Waals surface area contributed by atoms with Crippen molar-refractivity contribution < 1.29 is 9.90 Å². The van der Waals surface area contributed by atoms with Crippen LogP contribution < -0.4 is 5.73 Å². The van der Waals surface area contributed by atoms with Crippen molar-refractivity contribution in [2.45, 2.75) is 12.7 Å². The Balaban J connectivity index is 2.40. The highest BCUT2D eigenvalue weighted by atomic mass is 32.2. The summed E-state index contributed by atoms with van der Waals surface area (Å²) in [4.78, 5) is 14.7. The van der Waals surface area contributed by atoms with Crippen molar-refractivity contribution in [3.63, 3.8) is 0 Å². The molecule has 0 saturated heterocycles. The molecule has 0 amide bonds. The number of carboxylic acid groups (broad SMARTS) is 1. The molecule has 1 aromatic rings. The van der Waals surface area contributed by atoms with Gasteiger partial charge in [0.25, 0.3) is 0 Å². The molecule has 16 heavy (non-hydrogen) atoms. The lowest BCUT2D eigenvalue weighted by atomic mass is 10.2. The Labute approximate surface area is 99.3 Å². The van der Waals surface area contributed by atoms with E-state index in [1.807, 2.05) is 0 Å².